The molecule has 8 heteroatoms. The van der Waals surface area contributed by atoms with Gasteiger partial charge in [-0.05, 0) is 36.4 Å². The fourth-order valence-corrected chi connectivity index (χ4v) is 2.81. The molecule has 0 spiro atoms. The van der Waals surface area contributed by atoms with Crippen LogP contribution < -0.4 is 20.8 Å². The lowest BCUT2D eigenvalue weighted by Crippen LogP contribution is -2.22. The van der Waals surface area contributed by atoms with Gasteiger partial charge in [0.05, 0.1) is 18.3 Å². The van der Waals surface area contributed by atoms with Gasteiger partial charge in [0.2, 0.25) is 11.3 Å². The number of rotatable bonds is 4. The minimum atomic E-state index is -0.605. The van der Waals surface area contributed by atoms with E-state index in [0.29, 0.717) is 33.0 Å². The van der Waals surface area contributed by atoms with E-state index in [1.807, 2.05) is 0 Å². The number of amides is 2. The van der Waals surface area contributed by atoms with Gasteiger partial charge in [0.1, 0.15) is 11.3 Å². The standard InChI is InChI=1S/C19H16ClN3O4/c1-10(24)22-12-4-6-17(27-2)16(8-12)23-19(26)14-9-21-15-7-11(20)3-5-13(15)18(14)25/h3-9H,1-2H3,(H,21,25)(H,22,24)(H,23,26). The fraction of sp³-hybridized carbons (Fsp3) is 0.105. The number of carbonyl (C=O) groups excluding carboxylic acids is 2. The summed E-state index contributed by atoms with van der Waals surface area (Å²) in [4.78, 5) is 39.4. The van der Waals surface area contributed by atoms with Crippen LogP contribution in [-0.4, -0.2) is 23.9 Å². The molecule has 0 unspecified atom stereocenters. The number of anilines is 2. The van der Waals surface area contributed by atoms with Crippen LogP contribution in [0.1, 0.15) is 17.3 Å². The molecule has 0 saturated carbocycles. The molecule has 0 radical (unpaired) electrons. The van der Waals surface area contributed by atoms with Crippen molar-refractivity contribution in [1.29, 1.82) is 0 Å². The highest BCUT2D eigenvalue weighted by Crippen LogP contribution is 2.28. The van der Waals surface area contributed by atoms with Crippen LogP contribution in [0.2, 0.25) is 5.02 Å². The summed E-state index contributed by atoms with van der Waals surface area (Å²) >= 11 is 5.92. The van der Waals surface area contributed by atoms with Crippen LogP contribution in [0.25, 0.3) is 10.9 Å². The van der Waals surface area contributed by atoms with Crippen molar-refractivity contribution in [3.63, 3.8) is 0 Å². The van der Waals surface area contributed by atoms with Gasteiger partial charge in [-0.3, -0.25) is 14.4 Å². The number of H-pyrrole nitrogens is 1. The monoisotopic (exact) mass is 385 g/mol. The Balaban J connectivity index is 1.97. The number of methoxy groups -OCH3 is 1. The summed E-state index contributed by atoms with van der Waals surface area (Å²) in [5, 5.41) is 6.11. The molecule has 0 atom stereocenters. The first-order valence-electron chi connectivity index (χ1n) is 7.97. The topological polar surface area (TPSA) is 100 Å². The van der Waals surface area contributed by atoms with Crippen molar-refractivity contribution in [3.8, 4) is 5.75 Å². The molecule has 1 aromatic heterocycles. The zero-order valence-electron chi connectivity index (χ0n) is 14.6. The van der Waals surface area contributed by atoms with Crippen LogP contribution in [0.3, 0.4) is 0 Å². The maximum absolute atomic E-state index is 12.6. The van der Waals surface area contributed by atoms with Crippen LogP contribution in [0.4, 0.5) is 11.4 Å². The van der Waals surface area contributed by atoms with Crippen LogP contribution in [0.15, 0.2) is 47.4 Å². The van der Waals surface area contributed by atoms with E-state index in [-0.39, 0.29) is 11.5 Å². The van der Waals surface area contributed by atoms with Crippen LogP contribution >= 0.6 is 11.6 Å². The first-order chi connectivity index (χ1) is 12.9. The number of benzene rings is 2. The van der Waals surface area contributed by atoms with Crippen molar-refractivity contribution in [1.82, 2.24) is 4.98 Å². The number of hydrogen-bond acceptors (Lipinski definition) is 4. The van der Waals surface area contributed by atoms with E-state index in [9.17, 15) is 14.4 Å². The van der Waals surface area contributed by atoms with E-state index in [1.165, 1.54) is 20.2 Å². The molecule has 138 valence electrons. The second-order valence-electron chi connectivity index (χ2n) is 5.77. The van der Waals surface area contributed by atoms with Crippen molar-refractivity contribution in [2.75, 3.05) is 17.7 Å². The molecular formula is C19H16ClN3O4. The number of ether oxygens (including phenoxy) is 1. The lowest BCUT2D eigenvalue weighted by molar-refractivity contribution is -0.114. The first-order valence-corrected chi connectivity index (χ1v) is 8.35. The second kappa shape index (κ2) is 7.51. The number of halogens is 1. The zero-order chi connectivity index (χ0) is 19.6. The molecule has 3 rings (SSSR count). The number of fused-ring (bicyclic) bond motifs is 1. The number of pyridine rings is 1. The van der Waals surface area contributed by atoms with Gasteiger partial charge in [-0.2, -0.15) is 0 Å². The number of hydrogen-bond donors (Lipinski definition) is 3. The van der Waals surface area contributed by atoms with Gasteiger partial charge in [-0.15, -0.1) is 0 Å². The average Bonchev–Trinajstić information content (AvgIpc) is 2.61. The Morgan fingerprint density at radius 3 is 2.59 bits per heavy atom. The number of aromatic amines is 1. The Morgan fingerprint density at radius 2 is 1.89 bits per heavy atom. The molecule has 0 aliphatic carbocycles. The maximum Gasteiger partial charge on any atom is 0.261 e. The van der Waals surface area contributed by atoms with Gasteiger partial charge < -0.3 is 20.4 Å². The molecule has 3 aromatic rings. The third-order valence-corrected chi connectivity index (χ3v) is 4.09. The largest absolute Gasteiger partial charge is 0.495 e. The van der Waals surface area contributed by atoms with E-state index in [1.54, 1.807) is 36.4 Å². The van der Waals surface area contributed by atoms with Gasteiger partial charge in [0, 0.05) is 29.2 Å². The summed E-state index contributed by atoms with van der Waals surface area (Å²) < 4.78 is 5.23. The van der Waals surface area contributed by atoms with Crippen molar-refractivity contribution < 1.29 is 14.3 Å². The molecule has 27 heavy (non-hydrogen) atoms. The van der Waals surface area contributed by atoms with Gasteiger partial charge in [0.25, 0.3) is 5.91 Å². The highest BCUT2D eigenvalue weighted by Gasteiger charge is 2.16. The summed E-state index contributed by atoms with van der Waals surface area (Å²) in [6, 6.07) is 9.55. The highest BCUT2D eigenvalue weighted by atomic mass is 35.5. The third-order valence-electron chi connectivity index (χ3n) is 3.86. The van der Waals surface area contributed by atoms with E-state index >= 15 is 0 Å². The molecule has 3 N–H and O–H groups in total. The van der Waals surface area contributed by atoms with Gasteiger partial charge in [-0.1, -0.05) is 11.6 Å². The second-order valence-corrected chi connectivity index (χ2v) is 6.21. The molecular weight excluding hydrogens is 370 g/mol. The Kier molecular flexibility index (Phi) is 5.14. The highest BCUT2D eigenvalue weighted by molar-refractivity contribution is 6.31. The predicted octanol–water partition coefficient (Wildman–Crippen LogP) is 3.40. The maximum atomic E-state index is 12.6. The van der Waals surface area contributed by atoms with Crippen molar-refractivity contribution in [2.24, 2.45) is 0 Å². The first kappa shape index (κ1) is 18.5. The number of aromatic nitrogens is 1. The van der Waals surface area contributed by atoms with E-state index < -0.39 is 11.3 Å². The molecule has 0 fully saturated rings. The molecule has 0 bridgehead atoms. The Hall–Kier alpha value is -3.32. The van der Waals surface area contributed by atoms with E-state index in [2.05, 4.69) is 15.6 Å². The molecule has 2 aromatic carbocycles. The Bertz CT molecular complexity index is 1110. The minimum absolute atomic E-state index is 0.0585. The molecule has 0 aliphatic heterocycles. The quantitative estimate of drug-likeness (QED) is 0.640. The normalized spacial score (nSPS) is 10.5. The van der Waals surface area contributed by atoms with Gasteiger partial charge in [0.15, 0.2) is 0 Å². The minimum Gasteiger partial charge on any atom is -0.495 e. The number of nitrogens with one attached hydrogen (secondary N) is 3. The molecule has 0 saturated heterocycles. The smallest absolute Gasteiger partial charge is 0.261 e. The van der Waals surface area contributed by atoms with Crippen LogP contribution in [-0.2, 0) is 4.79 Å². The summed E-state index contributed by atoms with van der Waals surface area (Å²) in [6.07, 6.45) is 1.33. The van der Waals surface area contributed by atoms with Crippen molar-refractivity contribution >= 4 is 45.7 Å². The molecule has 0 aliphatic rings. The molecule has 2 amide bonds. The summed E-state index contributed by atoms with van der Waals surface area (Å²) in [5.41, 5.74) is 0.867. The lowest BCUT2D eigenvalue weighted by atomic mass is 10.1. The van der Waals surface area contributed by atoms with Crippen molar-refractivity contribution in [3.05, 3.63) is 63.4 Å². The summed E-state index contributed by atoms with van der Waals surface area (Å²) in [6.45, 7) is 1.38. The van der Waals surface area contributed by atoms with Crippen LogP contribution in [0, 0.1) is 0 Å². The Morgan fingerprint density at radius 1 is 1.11 bits per heavy atom. The SMILES string of the molecule is COc1ccc(NC(C)=O)cc1NC(=O)c1c[nH]c2cc(Cl)ccc2c1=O. The molecule has 1 heterocycles. The predicted molar refractivity (Wildman–Crippen MR) is 105 cm³/mol. The van der Waals surface area contributed by atoms with Gasteiger partial charge in [-0.25, -0.2) is 0 Å². The van der Waals surface area contributed by atoms with E-state index in [4.69, 9.17) is 16.3 Å². The average molecular weight is 386 g/mol. The third kappa shape index (κ3) is 3.93. The number of carbonyl (C=O) groups is 2. The van der Waals surface area contributed by atoms with Gasteiger partial charge >= 0.3 is 0 Å². The van der Waals surface area contributed by atoms with E-state index in [0.717, 1.165) is 0 Å². The summed E-state index contributed by atoms with van der Waals surface area (Å²) in [5.74, 6) is -0.463. The Labute approximate surface area is 159 Å². The lowest BCUT2D eigenvalue weighted by Gasteiger charge is -2.12. The van der Waals surface area contributed by atoms with Crippen molar-refractivity contribution in [2.45, 2.75) is 6.92 Å². The summed E-state index contributed by atoms with van der Waals surface area (Å²) in [7, 11) is 1.45. The fourth-order valence-electron chi connectivity index (χ4n) is 2.64. The zero-order valence-corrected chi connectivity index (χ0v) is 15.3. The van der Waals surface area contributed by atoms with Crippen LogP contribution in [0.5, 0.6) is 5.75 Å². The molecule has 7 nitrogen and oxygen atoms in total.